The first kappa shape index (κ1) is 26.4. The first-order valence-electron chi connectivity index (χ1n) is 14.3. The fourth-order valence-corrected chi connectivity index (χ4v) is 5.67. The molecule has 3 aromatic carbocycles. The number of rotatable bonds is 9. The Kier molecular flexibility index (Phi) is 7.42. The van der Waals surface area contributed by atoms with Crippen molar-refractivity contribution in [3.63, 3.8) is 0 Å². The van der Waals surface area contributed by atoms with E-state index < -0.39 is 0 Å². The molecular weight excluding hydrogens is 534 g/mol. The maximum Gasteiger partial charge on any atom is 0.289 e. The minimum Gasteiger partial charge on any atom is -0.455 e. The second kappa shape index (κ2) is 11.8. The lowest BCUT2D eigenvalue weighted by Crippen LogP contribution is -2.48. The van der Waals surface area contributed by atoms with Gasteiger partial charge in [0.1, 0.15) is 5.76 Å². The number of furan rings is 1. The van der Waals surface area contributed by atoms with E-state index in [-0.39, 0.29) is 19.5 Å². The quantitative estimate of drug-likeness (QED) is 0.283. The summed E-state index contributed by atoms with van der Waals surface area (Å²) >= 11 is 0. The highest BCUT2D eigenvalue weighted by atomic mass is 16.7. The summed E-state index contributed by atoms with van der Waals surface area (Å²) in [5, 5.41) is 0. The Hall–Kier alpha value is -4.47. The Morgan fingerprint density at radius 3 is 2.02 bits per heavy atom. The molecule has 216 valence electrons. The maximum atomic E-state index is 13.3. The van der Waals surface area contributed by atoms with Crippen LogP contribution in [0.3, 0.4) is 0 Å². The summed E-state index contributed by atoms with van der Waals surface area (Å²) in [4.78, 5) is 19.9. The molecule has 1 fully saturated rings. The molecule has 0 atom stereocenters. The van der Waals surface area contributed by atoms with Crippen molar-refractivity contribution in [2.45, 2.75) is 26.2 Å². The zero-order chi connectivity index (χ0) is 28.3. The van der Waals surface area contributed by atoms with Crippen molar-refractivity contribution in [2.75, 3.05) is 39.8 Å². The maximum absolute atomic E-state index is 13.3. The molecule has 3 aliphatic heterocycles. The molecule has 4 aromatic rings. The molecule has 3 aliphatic rings. The van der Waals surface area contributed by atoms with E-state index in [0.29, 0.717) is 31.9 Å². The Morgan fingerprint density at radius 1 is 0.643 bits per heavy atom. The molecule has 7 rings (SSSR count). The minimum atomic E-state index is -0.0608. The number of carbonyl (C=O) groups is 1. The topological polar surface area (TPSA) is 76.9 Å². The molecule has 0 saturated carbocycles. The lowest BCUT2D eigenvalue weighted by atomic mass is 10.1. The summed E-state index contributed by atoms with van der Waals surface area (Å²) in [6, 6.07) is 26.2. The lowest BCUT2D eigenvalue weighted by Gasteiger charge is -2.34. The van der Waals surface area contributed by atoms with Crippen LogP contribution in [0.1, 0.15) is 33.0 Å². The van der Waals surface area contributed by atoms with E-state index in [2.05, 4.69) is 34.1 Å². The zero-order valence-corrected chi connectivity index (χ0v) is 23.4. The van der Waals surface area contributed by atoms with E-state index in [9.17, 15) is 4.79 Å². The van der Waals surface area contributed by atoms with Crippen LogP contribution in [0.5, 0.6) is 23.0 Å². The van der Waals surface area contributed by atoms with Crippen LogP contribution in [-0.2, 0) is 26.2 Å². The molecule has 0 unspecified atom stereocenters. The monoisotopic (exact) mass is 567 g/mol. The van der Waals surface area contributed by atoms with E-state index in [1.807, 2.05) is 53.4 Å². The fraction of sp³-hybridized carbons (Fsp3) is 0.303. The van der Waals surface area contributed by atoms with Gasteiger partial charge in [-0.2, -0.15) is 0 Å². The molecule has 1 aromatic heterocycles. The summed E-state index contributed by atoms with van der Waals surface area (Å²) < 4.78 is 28.1. The van der Waals surface area contributed by atoms with E-state index in [1.165, 1.54) is 11.1 Å². The number of benzene rings is 3. The zero-order valence-electron chi connectivity index (χ0n) is 23.4. The first-order valence-corrected chi connectivity index (χ1v) is 14.3. The molecule has 1 amide bonds. The molecule has 0 spiro atoms. The van der Waals surface area contributed by atoms with Gasteiger partial charge in [0.15, 0.2) is 28.8 Å². The van der Waals surface area contributed by atoms with Crippen molar-refractivity contribution in [1.82, 2.24) is 14.7 Å². The number of hydrogen-bond acceptors (Lipinski definition) is 8. The first-order chi connectivity index (χ1) is 20.7. The third kappa shape index (κ3) is 5.93. The average molecular weight is 568 g/mol. The predicted octanol–water partition coefficient (Wildman–Crippen LogP) is 4.90. The van der Waals surface area contributed by atoms with Gasteiger partial charge in [-0.25, -0.2) is 0 Å². The highest BCUT2D eigenvalue weighted by Crippen LogP contribution is 2.34. The van der Waals surface area contributed by atoms with Crippen LogP contribution in [-0.4, -0.2) is 60.4 Å². The Balaban J connectivity index is 0.973. The number of ether oxygens (including phenoxy) is 4. The Morgan fingerprint density at radius 2 is 1.29 bits per heavy atom. The lowest BCUT2D eigenvalue weighted by molar-refractivity contribution is 0.0594. The van der Waals surface area contributed by atoms with Gasteiger partial charge in [-0.15, -0.1) is 0 Å². The van der Waals surface area contributed by atoms with Gasteiger partial charge in [0.25, 0.3) is 5.91 Å². The molecule has 0 radical (unpaired) electrons. The van der Waals surface area contributed by atoms with Crippen molar-refractivity contribution >= 4 is 5.91 Å². The summed E-state index contributed by atoms with van der Waals surface area (Å²) in [5.74, 6) is 4.23. The van der Waals surface area contributed by atoms with Crippen molar-refractivity contribution in [3.05, 3.63) is 107 Å². The molecule has 0 N–H and O–H groups in total. The molecule has 0 bridgehead atoms. The van der Waals surface area contributed by atoms with Crippen molar-refractivity contribution in [3.8, 4) is 23.0 Å². The molecule has 1 saturated heterocycles. The Labute approximate surface area is 244 Å². The van der Waals surface area contributed by atoms with E-state index in [1.54, 1.807) is 6.07 Å². The van der Waals surface area contributed by atoms with Crippen LogP contribution in [0.2, 0.25) is 0 Å². The van der Waals surface area contributed by atoms with Gasteiger partial charge in [0, 0.05) is 45.8 Å². The normalized spacial score (nSPS) is 15.9. The van der Waals surface area contributed by atoms with Gasteiger partial charge in [-0.3, -0.25) is 14.6 Å². The number of carbonyl (C=O) groups excluding carboxylic acids is 1. The summed E-state index contributed by atoms with van der Waals surface area (Å²) in [6.45, 7) is 6.26. The van der Waals surface area contributed by atoms with Crippen molar-refractivity contribution in [1.29, 1.82) is 0 Å². The summed E-state index contributed by atoms with van der Waals surface area (Å²) in [5.41, 5.74) is 3.51. The van der Waals surface area contributed by atoms with E-state index in [0.717, 1.165) is 60.5 Å². The van der Waals surface area contributed by atoms with Crippen molar-refractivity contribution in [2.24, 2.45) is 0 Å². The molecule has 9 heteroatoms. The van der Waals surface area contributed by atoms with Crippen molar-refractivity contribution < 1.29 is 28.2 Å². The number of fused-ring (bicyclic) bond motifs is 2. The second-order valence-corrected chi connectivity index (χ2v) is 10.8. The van der Waals surface area contributed by atoms with Crippen LogP contribution < -0.4 is 18.9 Å². The fourth-order valence-electron chi connectivity index (χ4n) is 5.67. The summed E-state index contributed by atoms with van der Waals surface area (Å²) in [7, 11) is 0. The van der Waals surface area contributed by atoms with Crippen LogP contribution in [0.15, 0.2) is 83.3 Å². The van der Waals surface area contributed by atoms with Crippen LogP contribution in [0.25, 0.3) is 0 Å². The number of amides is 1. The third-order valence-corrected chi connectivity index (χ3v) is 7.85. The molecular formula is C33H33N3O6. The largest absolute Gasteiger partial charge is 0.455 e. The number of piperazine rings is 1. The highest BCUT2D eigenvalue weighted by Gasteiger charge is 2.25. The number of nitrogens with zero attached hydrogens (tertiary/aromatic N) is 3. The van der Waals surface area contributed by atoms with Gasteiger partial charge < -0.3 is 28.3 Å². The standard InChI is InChI=1S/C33H33N3O6/c37-33(36-14-12-34(13-15-36)19-25-6-9-28-31(16-25)40-22-38-28)30-11-8-27(42-30)21-35(18-24-4-2-1-3-5-24)20-26-7-10-29-32(17-26)41-23-39-29/h1-11,16-17H,12-15,18-23H2. The van der Waals surface area contributed by atoms with Gasteiger partial charge in [-0.05, 0) is 53.1 Å². The molecule has 42 heavy (non-hydrogen) atoms. The van der Waals surface area contributed by atoms with Gasteiger partial charge in [0.2, 0.25) is 13.6 Å². The number of hydrogen-bond donors (Lipinski definition) is 0. The molecule has 0 aliphatic carbocycles. The van der Waals surface area contributed by atoms with Gasteiger partial charge >= 0.3 is 0 Å². The smallest absolute Gasteiger partial charge is 0.289 e. The van der Waals surface area contributed by atoms with Crippen LogP contribution in [0.4, 0.5) is 0 Å². The minimum absolute atomic E-state index is 0.0608. The van der Waals surface area contributed by atoms with Crippen LogP contribution >= 0.6 is 0 Å². The SMILES string of the molecule is O=C(c1ccc(CN(Cc2ccccc2)Cc2ccc3c(c2)OCO3)o1)N1CCN(Cc2ccc3c(c2)OCO3)CC1. The van der Waals surface area contributed by atoms with E-state index in [4.69, 9.17) is 23.4 Å². The van der Waals surface area contributed by atoms with Crippen LogP contribution in [0, 0.1) is 0 Å². The van der Waals surface area contributed by atoms with Gasteiger partial charge in [-0.1, -0.05) is 42.5 Å². The molecule has 9 nitrogen and oxygen atoms in total. The third-order valence-electron chi connectivity index (χ3n) is 7.85. The highest BCUT2D eigenvalue weighted by molar-refractivity contribution is 5.91. The summed E-state index contributed by atoms with van der Waals surface area (Å²) in [6.07, 6.45) is 0. The van der Waals surface area contributed by atoms with Gasteiger partial charge in [0.05, 0.1) is 6.54 Å². The average Bonchev–Trinajstić information content (AvgIpc) is 3.79. The second-order valence-electron chi connectivity index (χ2n) is 10.8. The molecule has 4 heterocycles. The Bertz CT molecular complexity index is 1550. The van der Waals surface area contributed by atoms with E-state index >= 15 is 0 Å². The predicted molar refractivity (Wildman–Crippen MR) is 154 cm³/mol.